The molecule has 2 rings (SSSR count). The van der Waals surface area contributed by atoms with Gasteiger partial charge in [0.1, 0.15) is 13.2 Å². The second kappa shape index (κ2) is 6.06. The molecule has 0 aliphatic carbocycles. The average Bonchev–Trinajstić information content (AvgIpc) is 2.44. The van der Waals surface area contributed by atoms with E-state index in [4.69, 9.17) is 9.47 Å². The lowest BCUT2D eigenvalue weighted by molar-refractivity contribution is -0.140. The molecule has 0 atom stereocenters. The highest BCUT2D eigenvalue weighted by atomic mass is 79.9. The van der Waals surface area contributed by atoms with Gasteiger partial charge >= 0.3 is 5.97 Å². The minimum absolute atomic E-state index is 0.0708. The smallest absolute Gasteiger partial charge is 0.305 e. The third kappa shape index (κ3) is 3.26. The number of esters is 1. The number of ketones is 1. The maximum atomic E-state index is 12.0. The molecule has 19 heavy (non-hydrogen) atoms. The number of hydrogen-bond acceptors (Lipinski definition) is 5. The highest BCUT2D eigenvalue weighted by Crippen LogP contribution is 2.38. The molecule has 1 heterocycles. The third-order valence-electron chi connectivity index (χ3n) is 2.70. The van der Waals surface area contributed by atoms with Crippen LogP contribution in [-0.2, 0) is 9.53 Å². The second-order valence-electron chi connectivity index (χ2n) is 3.98. The fourth-order valence-corrected chi connectivity index (χ4v) is 2.29. The molecule has 0 saturated heterocycles. The highest BCUT2D eigenvalue weighted by molar-refractivity contribution is 9.10. The van der Waals surface area contributed by atoms with Crippen molar-refractivity contribution in [2.75, 3.05) is 20.3 Å². The number of hydrogen-bond donors (Lipinski definition) is 0. The number of halogens is 1. The molecule has 0 amide bonds. The lowest BCUT2D eigenvalue weighted by Gasteiger charge is -2.20. The molecule has 6 heteroatoms. The third-order valence-corrected chi connectivity index (χ3v) is 3.29. The zero-order valence-electron chi connectivity index (χ0n) is 10.4. The lowest BCUT2D eigenvalue weighted by atomic mass is 10.1. The van der Waals surface area contributed by atoms with E-state index in [0.29, 0.717) is 34.7 Å². The van der Waals surface area contributed by atoms with Gasteiger partial charge in [0.05, 0.1) is 18.0 Å². The largest absolute Gasteiger partial charge is 0.486 e. The monoisotopic (exact) mass is 328 g/mol. The van der Waals surface area contributed by atoms with Gasteiger partial charge in [-0.25, -0.2) is 0 Å². The molecular weight excluding hydrogens is 316 g/mol. The summed E-state index contributed by atoms with van der Waals surface area (Å²) in [6, 6.07) is 3.31. The molecule has 102 valence electrons. The topological polar surface area (TPSA) is 61.8 Å². The standard InChI is InChI=1S/C13H13BrO5/c1-17-12(16)3-2-10(15)8-6-9(14)13-11(7-8)18-4-5-19-13/h6-7H,2-5H2,1H3. The van der Waals surface area contributed by atoms with Crippen LogP contribution in [0.5, 0.6) is 11.5 Å². The maximum absolute atomic E-state index is 12.0. The summed E-state index contributed by atoms with van der Waals surface area (Å²) in [6.07, 6.45) is 0.181. The summed E-state index contributed by atoms with van der Waals surface area (Å²) in [6.45, 7) is 0.945. The molecule has 0 fully saturated rings. The van der Waals surface area contributed by atoms with Gasteiger partial charge in [-0.05, 0) is 28.1 Å². The van der Waals surface area contributed by atoms with Crippen LogP contribution in [0.3, 0.4) is 0 Å². The Kier molecular flexibility index (Phi) is 4.42. The Bertz CT molecular complexity index is 512. The molecule has 1 aromatic carbocycles. The Balaban J connectivity index is 2.14. The number of Topliss-reactive ketones (excluding diaryl/α,β-unsaturated/α-hetero) is 1. The van der Waals surface area contributed by atoms with Gasteiger partial charge < -0.3 is 14.2 Å². The van der Waals surface area contributed by atoms with Gasteiger partial charge in [-0.3, -0.25) is 9.59 Å². The lowest BCUT2D eigenvalue weighted by Crippen LogP contribution is -2.16. The van der Waals surface area contributed by atoms with Crippen molar-refractivity contribution in [2.24, 2.45) is 0 Å². The van der Waals surface area contributed by atoms with Crippen LogP contribution in [0, 0.1) is 0 Å². The van der Waals surface area contributed by atoms with Crippen molar-refractivity contribution in [3.05, 3.63) is 22.2 Å². The molecule has 0 aromatic heterocycles. The highest BCUT2D eigenvalue weighted by Gasteiger charge is 2.19. The van der Waals surface area contributed by atoms with E-state index in [9.17, 15) is 9.59 Å². The quantitative estimate of drug-likeness (QED) is 0.627. The fourth-order valence-electron chi connectivity index (χ4n) is 1.73. The van der Waals surface area contributed by atoms with Gasteiger partial charge in [0.15, 0.2) is 17.3 Å². The Labute approximate surface area is 119 Å². The molecule has 0 bridgehead atoms. The van der Waals surface area contributed by atoms with Gasteiger partial charge in [-0.2, -0.15) is 0 Å². The van der Waals surface area contributed by atoms with Crippen molar-refractivity contribution in [3.8, 4) is 11.5 Å². The summed E-state index contributed by atoms with van der Waals surface area (Å²) < 4.78 is 16.1. The van der Waals surface area contributed by atoms with Crippen LogP contribution in [0.1, 0.15) is 23.2 Å². The summed E-state index contributed by atoms with van der Waals surface area (Å²) in [5, 5.41) is 0. The van der Waals surface area contributed by atoms with Crippen LogP contribution in [-0.4, -0.2) is 32.1 Å². The van der Waals surface area contributed by atoms with Crippen LogP contribution in [0.4, 0.5) is 0 Å². The zero-order chi connectivity index (χ0) is 13.8. The van der Waals surface area contributed by atoms with Crippen molar-refractivity contribution in [2.45, 2.75) is 12.8 Å². The van der Waals surface area contributed by atoms with Crippen LogP contribution in [0.25, 0.3) is 0 Å². The molecule has 1 aliphatic rings. The summed E-state index contributed by atoms with van der Waals surface area (Å²) in [5.41, 5.74) is 0.486. The Morgan fingerprint density at radius 2 is 2.00 bits per heavy atom. The number of carbonyl (C=O) groups excluding carboxylic acids is 2. The SMILES string of the molecule is COC(=O)CCC(=O)c1cc(Br)c2c(c1)OCCO2. The minimum Gasteiger partial charge on any atom is -0.486 e. The molecule has 1 aliphatic heterocycles. The fraction of sp³-hybridized carbons (Fsp3) is 0.385. The summed E-state index contributed by atoms with van der Waals surface area (Å²) in [4.78, 5) is 23.0. The molecule has 0 unspecified atom stereocenters. The van der Waals surface area contributed by atoms with Crippen molar-refractivity contribution in [1.82, 2.24) is 0 Å². The average molecular weight is 329 g/mol. The molecule has 0 N–H and O–H groups in total. The van der Waals surface area contributed by atoms with E-state index in [0.717, 1.165) is 0 Å². The van der Waals surface area contributed by atoms with Crippen LogP contribution < -0.4 is 9.47 Å². The van der Waals surface area contributed by atoms with Crippen LogP contribution in [0.2, 0.25) is 0 Å². The van der Waals surface area contributed by atoms with E-state index >= 15 is 0 Å². The number of ether oxygens (including phenoxy) is 3. The van der Waals surface area contributed by atoms with Gasteiger partial charge in [-0.1, -0.05) is 0 Å². The van der Waals surface area contributed by atoms with Crippen molar-refractivity contribution in [3.63, 3.8) is 0 Å². The Morgan fingerprint density at radius 1 is 1.26 bits per heavy atom. The van der Waals surface area contributed by atoms with E-state index in [1.807, 2.05) is 0 Å². The van der Waals surface area contributed by atoms with Gasteiger partial charge in [0.2, 0.25) is 0 Å². The number of fused-ring (bicyclic) bond motifs is 1. The van der Waals surface area contributed by atoms with Crippen LogP contribution in [0.15, 0.2) is 16.6 Å². The summed E-state index contributed by atoms with van der Waals surface area (Å²) in [5.74, 6) is 0.617. The Morgan fingerprint density at radius 3 is 2.74 bits per heavy atom. The maximum Gasteiger partial charge on any atom is 0.305 e. The summed E-state index contributed by atoms with van der Waals surface area (Å²) in [7, 11) is 1.30. The second-order valence-corrected chi connectivity index (χ2v) is 4.84. The number of carbonyl (C=O) groups is 2. The predicted octanol–water partition coefficient (Wildman–Crippen LogP) is 2.36. The first kappa shape index (κ1) is 13.9. The first-order chi connectivity index (χ1) is 9.11. The van der Waals surface area contributed by atoms with Crippen molar-refractivity contribution >= 4 is 27.7 Å². The van der Waals surface area contributed by atoms with E-state index in [2.05, 4.69) is 20.7 Å². The Hall–Kier alpha value is -1.56. The van der Waals surface area contributed by atoms with Gasteiger partial charge in [-0.15, -0.1) is 0 Å². The number of methoxy groups -OCH3 is 1. The van der Waals surface area contributed by atoms with Crippen molar-refractivity contribution in [1.29, 1.82) is 0 Å². The first-order valence-electron chi connectivity index (χ1n) is 5.81. The van der Waals surface area contributed by atoms with E-state index in [-0.39, 0.29) is 18.6 Å². The zero-order valence-corrected chi connectivity index (χ0v) is 12.0. The number of benzene rings is 1. The normalized spacial score (nSPS) is 12.9. The number of rotatable bonds is 4. The molecule has 5 nitrogen and oxygen atoms in total. The molecule has 1 aromatic rings. The first-order valence-corrected chi connectivity index (χ1v) is 6.60. The molecular formula is C13H13BrO5. The predicted molar refractivity (Wildman–Crippen MR) is 70.7 cm³/mol. The van der Waals surface area contributed by atoms with Crippen LogP contribution >= 0.6 is 15.9 Å². The molecule has 0 spiro atoms. The summed E-state index contributed by atoms with van der Waals surface area (Å²) >= 11 is 3.35. The van der Waals surface area contributed by atoms with E-state index in [1.165, 1.54) is 7.11 Å². The van der Waals surface area contributed by atoms with E-state index in [1.54, 1.807) is 12.1 Å². The molecule has 0 radical (unpaired) electrons. The van der Waals surface area contributed by atoms with E-state index < -0.39 is 5.97 Å². The van der Waals surface area contributed by atoms with Crippen molar-refractivity contribution < 1.29 is 23.8 Å². The van der Waals surface area contributed by atoms with Gasteiger partial charge in [0.25, 0.3) is 0 Å². The molecule has 0 saturated carbocycles. The minimum atomic E-state index is -0.398. The van der Waals surface area contributed by atoms with Gasteiger partial charge in [0, 0.05) is 12.0 Å².